The molecule has 0 unspecified atom stereocenters. The zero-order chi connectivity index (χ0) is 27.8. The van der Waals surface area contributed by atoms with Crippen LogP contribution in [0.1, 0.15) is 53.7 Å². The number of aryl methyl sites for hydroxylation is 1. The van der Waals surface area contributed by atoms with Crippen LogP contribution in [0.25, 0.3) is 6.08 Å². The lowest BCUT2D eigenvalue weighted by Gasteiger charge is -2.37. The van der Waals surface area contributed by atoms with Gasteiger partial charge in [-0.3, -0.25) is 14.4 Å². The van der Waals surface area contributed by atoms with Crippen LogP contribution in [0.2, 0.25) is 10.0 Å². The van der Waals surface area contributed by atoms with Gasteiger partial charge in [0.2, 0.25) is 0 Å². The van der Waals surface area contributed by atoms with Gasteiger partial charge in [-0.2, -0.15) is 0 Å². The van der Waals surface area contributed by atoms with Gasteiger partial charge in [-0.1, -0.05) is 83.4 Å². The van der Waals surface area contributed by atoms with Crippen molar-refractivity contribution >= 4 is 52.3 Å². The maximum atomic E-state index is 14.6. The molecule has 0 amide bonds. The van der Waals surface area contributed by atoms with E-state index in [0.717, 1.165) is 16.8 Å². The minimum Gasteiger partial charge on any atom is -0.352 e. The second kappa shape index (κ2) is 9.02. The number of Topliss-reactive ketones (excluding diaryl/α,β-unsaturated/α-hetero) is 3. The molecule has 4 aromatic rings. The van der Waals surface area contributed by atoms with Gasteiger partial charge in [-0.15, -0.1) is 0 Å². The van der Waals surface area contributed by atoms with Gasteiger partial charge >= 0.3 is 0 Å². The predicted octanol–water partition coefficient (Wildman–Crippen LogP) is 7.62. The number of benzene rings is 4. The minimum atomic E-state index is -1.54. The van der Waals surface area contributed by atoms with E-state index >= 15 is 0 Å². The lowest BCUT2D eigenvalue weighted by Crippen LogP contribution is -2.48. The lowest BCUT2D eigenvalue weighted by atomic mass is 9.64. The Labute approximate surface area is 241 Å². The molecule has 4 nitrogen and oxygen atoms in total. The Kier molecular flexibility index (Phi) is 5.64. The van der Waals surface area contributed by atoms with Crippen LogP contribution in [0.3, 0.4) is 0 Å². The molecule has 7 rings (SSSR count). The van der Waals surface area contributed by atoms with Gasteiger partial charge < -0.3 is 4.90 Å². The number of fused-ring (bicyclic) bond motifs is 5. The summed E-state index contributed by atoms with van der Waals surface area (Å²) in [7, 11) is 0. The van der Waals surface area contributed by atoms with Crippen molar-refractivity contribution in [1.29, 1.82) is 0 Å². The molecule has 196 valence electrons. The Balaban J connectivity index is 1.54. The van der Waals surface area contributed by atoms with Crippen molar-refractivity contribution in [2.75, 3.05) is 4.90 Å². The first kappa shape index (κ1) is 25.0. The Bertz CT molecular complexity index is 1720. The van der Waals surface area contributed by atoms with Crippen molar-refractivity contribution in [2.24, 2.45) is 5.41 Å². The Morgan fingerprint density at radius 2 is 1.40 bits per heavy atom. The summed E-state index contributed by atoms with van der Waals surface area (Å²) in [5.41, 5.74) is 3.26. The Morgan fingerprint density at radius 1 is 0.800 bits per heavy atom. The van der Waals surface area contributed by atoms with Crippen LogP contribution < -0.4 is 4.90 Å². The number of carbonyl (C=O) groups is 3. The van der Waals surface area contributed by atoms with Gasteiger partial charge in [0, 0.05) is 38.3 Å². The molecule has 3 aliphatic rings. The molecule has 0 N–H and O–H groups in total. The van der Waals surface area contributed by atoms with E-state index in [-0.39, 0.29) is 17.3 Å². The summed E-state index contributed by atoms with van der Waals surface area (Å²) >= 11 is 12.4. The number of nitrogens with zero attached hydrogens (tertiary/aromatic N) is 1. The summed E-state index contributed by atoms with van der Waals surface area (Å²) in [6.07, 6.45) is 3.91. The predicted molar refractivity (Wildman–Crippen MR) is 158 cm³/mol. The van der Waals surface area contributed by atoms with Crippen LogP contribution >= 0.6 is 23.2 Å². The van der Waals surface area contributed by atoms with E-state index in [0.29, 0.717) is 32.3 Å². The van der Waals surface area contributed by atoms with Crippen LogP contribution in [-0.2, 0) is 0 Å². The summed E-state index contributed by atoms with van der Waals surface area (Å²) in [5, 5.41) is 1.05. The molecule has 0 aromatic heterocycles. The summed E-state index contributed by atoms with van der Waals surface area (Å²) < 4.78 is 0. The Morgan fingerprint density at radius 3 is 2.02 bits per heavy atom. The SMILES string of the molecule is Cc1ccc2c(c1)C=C[C@H]1N2[C@H](C(=O)c2ccc(Cl)cc2)[C@H](c2ccc(Cl)cc2)C12C(=O)c1ccccc1C2=O. The normalized spacial score (nSPS) is 21.9. The van der Waals surface area contributed by atoms with Gasteiger partial charge in [0.15, 0.2) is 17.3 Å². The van der Waals surface area contributed by atoms with Crippen molar-refractivity contribution in [3.8, 4) is 0 Å². The minimum absolute atomic E-state index is 0.183. The van der Waals surface area contributed by atoms with Gasteiger partial charge in [0.1, 0.15) is 11.5 Å². The highest BCUT2D eigenvalue weighted by Crippen LogP contribution is 2.61. The fraction of sp³-hybridized carbons (Fsp3) is 0.147. The highest BCUT2D eigenvalue weighted by molar-refractivity contribution is 6.33. The van der Waals surface area contributed by atoms with E-state index in [1.54, 1.807) is 60.7 Å². The van der Waals surface area contributed by atoms with E-state index in [9.17, 15) is 14.4 Å². The summed E-state index contributed by atoms with van der Waals surface area (Å²) in [6, 6.07) is 25.4. The third-order valence-corrected chi connectivity index (χ3v) is 9.09. The first-order valence-corrected chi connectivity index (χ1v) is 13.9. The van der Waals surface area contributed by atoms with Crippen molar-refractivity contribution in [3.63, 3.8) is 0 Å². The molecule has 0 bridgehead atoms. The zero-order valence-electron chi connectivity index (χ0n) is 21.5. The molecule has 2 aliphatic heterocycles. The van der Waals surface area contributed by atoms with Crippen LogP contribution in [0.5, 0.6) is 0 Å². The Hall–Kier alpha value is -3.99. The average Bonchev–Trinajstić information content (AvgIpc) is 3.39. The largest absolute Gasteiger partial charge is 0.352 e. The summed E-state index contributed by atoms with van der Waals surface area (Å²) in [6.45, 7) is 2.01. The van der Waals surface area contributed by atoms with Gasteiger partial charge in [0.25, 0.3) is 0 Å². The van der Waals surface area contributed by atoms with E-state index in [4.69, 9.17) is 23.2 Å². The van der Waals surface area contributed by atoms with Gasteiger partial charge in [-0.05, 0) is 66.6 Å². The maximum Gasteiger partial charge on any atom is 0.185 e. The van der Waals surface area contributed by atoms with Crippen LogP contribution in [0.15, 0.2) is 97.1 Å². The number of halogens is 2. The third kappa shape index (κ3) is 3.36. The molecule has 40 heavy (non-hydrogen) atoms. The fourth-order valence-electron chi connectivity index (χ4n) is 6.92. The number of hydrogen-bond acceptors (Lipinski definition) is 4. The molecular formula is C34H23Cl2NO3. The average molecular weight is 564 g/mol. The molecular weight excluding hydrogens is 541 g/mol. The smallest absolute Gasteiger partial charge is 0.185 e. The van der Waals surface area contributed by atoms with Crippen LogP contribution in [-0.4, -0.2) is 29.4 Å². The van der Waals surface area contributed by atoms with Crippen molar-refractivity contribution in [1.82, 2.24) is 0 Å². The highest BCUT2D eigenvalue weighted by Gasteiger charge is 2.71. The van der Waals surface area contributed by atoms with Crippen LogP contribution in [0.4, 0.5) is 5.69 Å². The third-order valence-electron chi connectivity index (χ3n) is 8.59. The molecule has 1 aliphatic carbocycles. The van der Waals surface area contributed by atoms with Crippen molar-refractivity contribution in [2.45, 2.75) is 24.9 Å². The molecule has 1 saturated heterocycles. The van der Waals surface area contributed by atoms with E-state index in [1.807, 2.05) is 48.2 Å². The molecule has 2 heterocycles. The van der Waals surface area contributed by atoms with E-state index < -0.39 is 23.4 Å². The van der Waals surface area contributed by atoms with Gasteiger partial charge in [-0.25, -0.2) is 0 Å². The number of anilines is 1. The number of ketones is 3. The van der Waals surface area contributed by atoms with E-state index in [2.05, 4.69) is 6.07 Å². The molecule has 6 heteroatoms. The van der Waals surface area contributed by atoms with Gasteiger partial charge in [0.05, 0.1) is 6.04 Å². The first-order chi connectivity index (χ1) is 19.3. The van der Waals surface area contributed by atoms with Crippen molar-refractivity contribution < 1.29 is 14.4 Å². The fourth-order valence-corrected chi connectivity index (χ4v) is 7.18. The first-order valence-electron chi connectivity index (χ1n) is 13.1. The molecule has 3 atom stereocenters. The molecule has 0 saturated carbocycles. The lowest BCUT2D eigenvalue weighted by molar-refractivity contribution is 0.0666. The monoisotopic (exact) mass is 563 g/mol. The standard InChI is InChI=1S/C34H23Cl2NO3/c1-19-6-16-27-22(18-19)11-17-28-34(32(39)25-4-2-3-5-26(25)33(34)40)29(20-7-12-23(35)13-8-20)30(37(27)28)31(38)21-9-14-24(36)15-10-21/h2-18,28-30H,1H3/t28-,29+,30+/m1/s1. The quantitative estimate of drug-likeness (QED) is 0.190. The second-order valence-corrected chi connectivity index (χ2v) is 11.6. The number of hydrogen-bond donors (Lipinski definition) is 0. The zero-order valence-corrected chi connectivity index (χ0v) is 23.0. The summed E-state index contributed by atoms with van der Waals surface area (Å²) in [5.74, 6) is -1.47. The summed E-state index contributed by atoms with van der Waals surface area (Å²) in [4.78, 5) is 45.8. The topological polar surface area (TPSA) is 54.5 Å². The highest BCUT2D eigenvalue weighted by atomic mass is 35.5. The molecule has 1 spiro atoms. The molecule has 0 radical (unpaired) electrons. The van der Waals surface area contributed by atoms with Crippen molar-refractivity contribution in [3.05, 3.63) is 140 Å². The number of rotatable bonds is 3. The number of carbonyl (C=O) groups excluding carboxylic acids is 3. The molecule has 4 aromatic carbocycles. The molecule has 1 fully saturated rings. The van der Waals surface area contributed by atoms with E-state index in [1.165, 1.54) is 0 Å². The van der Waals surface area contributed by atoms with Crippen LogP contribution in [0, 0.1) is 12.3 Å². The second-order valence-electron chi connectivity index (χ2n) is 10.7. The maximum absolute atomic E-state index is 14.6.